The third-order valence-corrected chi connectivity index (χ3v) is 5.21. The SMILES string of the molecule is NS(=O)(=O)c1ccc(CC(=O)NCc2ccc(COc3ccccc3)cc2)cc1. The van der Waals surface area contributed by atoms with Crippen LogP contribution in [0.4, 0.5) is 0 Å². The third-order valence-electron chi connectivity index (χ3n) is 4.28. The Labute approximate surface area is 170 Å². The molecule has 0 saturated carbocycles. The first-order chi connectivity index (χ1) is 13.9. The van der Waals surface area contributed by atoms with E-state index in [9.17, 15) is 13.2 Å². The summed E-state index contributed by atoms with van der Waals surface area (Å²) in [5.41, 5.74) is 2.73. The Balaban J connectivity index is 1.46. The standard InChI is InChI=1S/C22H22N2O4S/c23-29(26,27)21-12-10-17(11-13-21)14-22(25)24-15-18-6-8-19(9-7-18)16-28-20-4-2-1-3-5-20/h1-13H,14-16H2,(H,24,25)(H2,23,26,27). The van der Waals surface area contributed by atoms with Crippen LogP contribution in [0.2, 0.25) is 0 Å². The van der Waals surface area contributed by atoms with Crippen molar-refractivity contribution < 1.29 is 17.9 Å². The van der Waals surface area contributed by atoms with Crippen LogP contribution in [0.5, 0.6) is 5.75 Å². The van der Waals surface area contributed by atoms with Crippen LogP contribution >= 0.6 is 0 Å². The highest BCUT2D eigenvalue weighted by molar-refractivity contribution is 7.89. The van der Waals surface area contributed by atoms with Crippen molar-refractivity contribution in [2.24, 2.45) is 5.14 Å². The van der Waals surface area contributed by atoms with E-state index in [4.69, 9.17) is 9.88 Å². The molecule has 1 amide bonds. The third kappa shape index (κ3) is 6.44. The maximum Gasteiger partial charge on any atom is 0.238 e. The normalized spacial score (nSPS) is 11.1. The van der Waals surface area contributed by atoms with Crippen LogP contribution in [-0.2, 0) is 34.4 Å². The summed E-state index contributed by atoms with van der Waals surface area (Å²) in [6, 6.07) is 23.4. The number of rotatable bonds is 8. The molecule has 0 spiro atoms. The summed E-state index contributed by atoms with van der Waals surface area (Å²) >= 11 is 0. The molecule has 3 rings (SSSR count). The van der Waals surface area contributed by atoms with Crippen LogP contribution < -0.4 is 15.2 Å². The van der Waals surface area contributed by atoms with E-state index in [0.29, 0.717) is 18.7 Å². The van der Waals surface area contributed by atoms with Gasteiger partial charge in [-0.2, -0.15) is 0 Å². The summed E-state index contributed by atoms with van der Waals surface area (Å²) in [4.78, 5) is 12.1. The van der Waals surface area contributed by atoms with Gasteiger partial charge in [0.25, 0.3) is 0 Å². The molecule has 0 aliphatic heterocycles. The van der Waals surface area contributed by atoms with Crippen molar-refractivity contribution >= 4 is 15.9 Å². The predicted octanol–water partition coefficient (Wildman–Crippen LogP) is 2.77. The second-order valence-corrected chi connectivity index (χ2v) is 8.12. The van der Waals surface area contributed by atoms with Gasteiger partial charge in [0, 0.05) is 6.54 Å². The molecule has 0 aliphatic rings. The molecular formula is C22H22N2O4S. The van der Waals surface area contributed by atoms with Gasteiger partial charge in [-0.15, -0.1) is 0 Å². The van der Waals surface area contributed by atoms with Crippen LogP contribution in [0.25, 0.3) is 0 Å². The first-order valence-corrected chi connectivity index (χ1v) is 10.6. The van der Waals surface area contributed by atoms with Crippen molar-refractivity contribution in [1.82, 2.24) is 5.32 Å². The van der Waals surface area contributed by atoms with Gasteiger partial charge < -0.3 is 10.1 Å². The van der Waals surface area contributed by atoms with Gasteiger partial charge in [0.2, 0.25) is 15.9 Å². The number of primary sulfonamides is 1. The zero-order chi connectivity index (χ0) is 20.7. The molecule has 29 heavy (non-hydrogen) atoms. The molecule has 0 aromatic heterocycles. The van der Waals surface area contributed by atoms with Gasteiger partial charge in [-0.25, -0.2) is 13.6 Å². The van der Waals surface area contributed by atoms with Crippen molar-refractivity contribution in [3.63, 3.8) is 0 Å². The maximum atomic E-state index is 12.1. The van der Waals surface area contributed by atoms with Crippen molar-refractivity contribution in [3.05, 3.63) is 95.6 Å². The lowest BCUT2D eigenvalue weighted by Gasteiger charge is -2.08. The van der Waals surface area contributed by atoms with Crippen LogP contribution in [0.15, 0.2) is 83.8 Å². The molecule has 0 bridgehead atoms. The van der Waals surface area contributed by atoms with E-state index in [1.165, 1.54) is 12.1 Å². The highest BCUT2D eigenvalue weighted by atomic mass is 32.2. The zero-order valence-electron chi connectivity index (χ0n) is 15.7. The number of para-hydroxylation sites is 1. The number of nitrogens with two attached hydrogens (primary N) is 1. The van der Waals surface area contributed by atoms with E-state index in [1.54, 1.807) is 12.1 Å². The van der Waals surface area contributed by atoms with Gasteiger partial charge in [-0.3, -0.25) is 4.79 Å². The molecule has 0 heterocycles. The maximum absolute atomic E-state index is 12.1. The number of hydrogen-bond donors (Lipinski definition) is 2. The van der Waals surface area contributed by atoms with E-state index in [1.807, 2.05) is 54.6 Å². The van der Waals surface area contributed by atoms with Gasteiger partial charge in [-0.05, 0) is 41.0 Å². The van der Waals surface area contributed by atoms with Gasteiger partial charge in [0.05, 0.1) is 11.3 Å². The number of hydrogen-bond acceptors (Lipinski definition) is 4. The largest absolute Gasteiger partial charge is 0.489 e. The average Bonchev–Trinajstić information content (AvgIpc) is 2.72. The highest BCUT2D eigenvalue weighted by Crippen LogP contribution is 2.13. The highest BCUT2D eigenvalue weighted by Gasteiger charge is 2.08. The Morgan fingerprint density at radius 3 is 2.03 bits per heavy atom. The molecule has 0 aliphatic carbocycles. The topological polar surface area (TPSA) is 98.5 Å². The van der Waals surface area contributed by atoms with Crippen molar-refractivity contribution in [1.29, 1.82) is 0 Å². The second-order valence-electron chi connectivity index (χ2n) is 6.56. The number of benzene rings is 3. The summed E-state index contributed by atoms with van der Waals surface area (Å²) in [6.07, 6.45) is 0.161. The summed E-state index contributed by atoms with van der Waals surface area (Å²) in [5, 5.41) is 7.92. The number of sulfonamides is 1. The molecule has 0 unspecified atom stereocenters. The van der Waals surface area contributed by atoms with Crippen LogP contribution in [0, 0.1) is 0 Å². The predicted molar refractivity (Wildman–Crippen MR) is 111 cm³/mol. The molecule has 0 radical (unpaired) electrons. The summed E-state index contributed by atoms with van der Waals surface area (Å²) in [6.45, 7) is 0.888. The van der Waals surface area contributed by atoms with Gasteiger partial charge >= 0.3 is 0 Å². The molecule has 0 atom stereocenters. The summed E-state index contributed by atoms with van der Waals surface area (Å²) in [5.74, 6) is 0.672. The van der Waals surface area contributed by atoms with Crippen LogP contribution in [0.3, 0.4) is 0 Å². The monoisotopic (exact) mass is 410 g/mol. The van der Waals surface area contributed by atoms with Crippen molar-refractivity contribution in [2.45, 2.75) is 24.5 Å². The lowest BCUT2D eigenvalue weighted by molar-refractivity contribution is -0.120. The Bertz CT molecular complexity index is 1050. The van der Waals surface area contributed by atoms with E-state index in [0.717, 1.165) is 16.9 Å². The fourth-order valence-corrected chi connectivity index (χ4v) is 3.20. The van der Waals surface area contributed by atoms with E-state index < -0.39 is 10.0 Å². The summed E-state index contributed by atoms with van der Waals surface area (Å²) < 4.78 is 28.2. The summed E-state index contributed by atoms with van der Waals surface area (Å²) in [7, 11) is -3.73. The minimum atomic E-state index is -3.73. The first-order valence-electron chi connectivity index (χ1n) is 9.04. The quantitative estimate of drug-likeness (QED) is 0.597. The Morgan fingerprint density at radius 2 is 1.41 bits per heavy atom. The molecule has 0 saturated heterocycles. The lowest BCUT2D eigenvalue weighted by atomic mass is 10.1. The van der Waals surface area contributed by atoms with Crippen molar-refractivity contribution in [2.75, 3.05) is 0 Å². The number of carbonyl (C=O) groups excluding carboxylic acids is 1. The molecular weight excluding hydrogens is 388 g/mol. The minimum Gasteiger partial charge on any atom is -0.489 e. The van der Waals surface area contributed by atoms with E-state index in [-0.39, 0.29) is 17.2 Å². The Hall–Kier alpha value is -3.16. The van der Waals surface area contributed by atoms with Gasteiger partial charge in [0.15, 0.2) is 0 Å². The molecule has 6 nitrogen and oxygen atoms in total. The van der Waals surface area contributed by atoms with Gasteiger partial charge in [0.1, 0.15) is 12.4 Å². The molecule has 3 aromatic carbocycles. The second kappa shape index (κ2) is 9.36. The van der Waals surface area contributed by atoms with Gasteiger partial charge in [-0.1, -0.05) is 54.6 Å². The molecule has 7 heteroatoms. The fourth-order valence-electron chi connectivity index (χ4n) is 2.68. The molecule has 3 aromatic rings. The first kappa shape index (κ1) is 20.6. The van der Waals surface area contributed by atoms with Crippen LogP contribution in [-0.4, -0.2) is 14.3 Å². The number of amides is 1. The average molecular weight is 410 g/mol. The smallest absolute Gasteiger partial charge is 0.238 e. The Morgan fingerprint density at radius 1 is 0.828 bits per heavy atom. The fraction of sp³-hybridized carbons (Fsp3) is 0.136. The lowest BCUT2D eigenvalue weighted by Crippen LogP contribution is -2.24. The zero-order valence-corrected chi connectivity index (χ0v) is 16.6. The Kier molecular flexibility index (Phi) is 6.64. The van der Waals surface area contributed by atoms with Crippen LogP contribution in [0.1, 0.15) is 16.7 Å². The van der Waals surface area contributed by atoms with E-state index in [2.05, 4.69) is 5.32 Å². The number of carbonyl (C=O) groups is 1. The molecule has 3 N–H and O–H groups in total. The molecule has 0 fully saturated rings. The van der Waals surface area contributed by atoms with Crippen molar-refractivity contribution in [3.8, 4) is 5.75 Å². The number of nitrogens with one attached hydrogen (secondary N) is 1. The minimum absolute atomic E-state index is 0.0259. The number of ether oxygens (including phenoxy) is 1. The van der Waals surface area contributed by atoms with E-state index >= 15 is 0 Å². The molecule has 150 valence electrons.